The number of nitrogens with one attached hydrogen (secondary N) is 1. The van der Waals surface area contributed by atoms with Crippen LogP contribution in [0.4, 0.5) is 0 Å². The Bertz CT molecular complexity index is 382. The Morgan fingerprint density at radius 1 is 1.69 bits per heavy atom. The van der Waals surface area contributed by atoms with E-state index in [9.17, 15) is 4.79 Å². The molecule has 13 heavy (non-hydrogen) atoms. The molecule has 0 bridgehead atoms. The van der Waals surface area contributed by atoms with Crippen LogP contribution in [0.5, 0.6) is 0 Å². The maximum absolute atomic E-state index is 11.5. The van der Waals surface area contributed by atoms with E-state index in [1.807, 2.05) is 0 Å². The summed E-state index contributed by atoms with van der Waals surface area (Å²) in [6, 6.07) is 0. The highest BCUT2D eigenvalue weighted by Gasteiger charge is 2.63. The van der Waals surface area contributed by atoms with Crippen LogP contribution >= 0.6 is 22.6 Å². The van der Waals surface area contributed by atoms with Crippen molar-refractivity contribution < 1.29 is 4.79 Å². The number of carbonyl (C=O) groups is 1. The van der Waals surface area contributed by atoms with Crippen molar-refractivity contribution in [1.29, 1.82) is 0 Å². The molecule has 1 heterocycles. The lowest BCUT2D eigenvalue weighted by molar-refractivity contribution is -0.110. The molecule has 2 nitrogen and oxygen atoms in total. The van der Waals surface area contributed by atoms with E-state index in [2.05, 4.69) is 34.8 Å². The summed E-state index contributed by atoms with van der Waals surface area (Å²) in [6.45, 7) is 3.17. The Kier molecular flexibility index (Phi) is 1.35. The van der Waals surface area contributed by atoms with Gasteiger partial charge < -0.3 is 5.32 Å². The summed E-state index contributed by atoms with van der Waals surface area (Å²) in [5.41, 5.74) is 2.75. The summed E-state index contributed by atoms with van der Waals surface area (Å²) in [5.74, 6) is 0.940. The number of carbonyl (C=O) groups excluding carboxylic acids is 1. The van der Waals surface area contributed by atoms with Gasteiger partial charge in [0.15, 0.2) is 5.78 Å². The number of ketones is 1. The van der Waals surface area contributed by atoms with Gasteiger partial charge in [0.05, 0.1) is 3.58 Å². The molecule has 0 radical (unpaired) electrons. The molecular weight excluding hydrogens is 277 g/mol. The summed E-state index contributed by atoms with van der Waals surface area (Å²) in [5, 5.41) is 3.33. The summed E-state index contributed by atoms with van der Waals surface area (Å²) >= 11 is 2.18. The highest BCUT2D eigenvalue weighted by atomic mass is 127. The third kappa shape index (κ3) is 0.771. The third-order valence-corrected chi connectivity index (χ3v) is 4.96. The van der Waals surface area contributed by atoms with Crippen molar-refractivity contribution in [2.75, 3.05) is 6.54 Å². The van der Waals surface area contributed by atoms with E-state index in [1.165, 1.54) is 17.7 Å². The Labute approximate surface area is 90.6 Å². The lowest BCUT2D eigenvalue weighted by Crippen LogP contribution is -2.21. The molecule has 0 aromatic carbocycles. The van der Waals surface area contributed by atoms with E-state index >= 15 is 0 Å². The molecule has 2 atom stereocenters. The van der Waals surface area contributed by atoms with Gasteiger partial charge in [0, 0.05) is 23.7 Å². The number of allylic oxidation sites excluding steroid dienone is 3. The second kappa shape index (κ2) is 2.19. The van der Waals surface area contributed by atoms with Gasteiger partial charge in [-0.3, -0.25) is 4.79 Å². The highest BCUT2D eigenvalue weighted by molar-refractivity contribution is 14.1. The van der Waals surface area contributed by atoms with Gasteiger partial charge in [-0.1, -0.05) is 0 Å². The van der Waals surface area contributed by atoms with Crippen molar-refractivity contribution in [3.05, 3.63) is 20.9 Å². The van der Waals surface area contributed by atoms with Crippen LogP contribution in [0.25, 0.3) is 0 Å². The van der Waals surface area contributed by atoms with E-state index in [4.69, 9.17) is 0 Å². The first-order valence-electron chi connectivity index (χ1n) is 4.53. The molecule has 1 aliphatic heterocycles. The summed E-state index contributed by atoms with van der Waals surface area (Å²) in [7, 11) is 0. The maximum atomic E-state index is 11.5. The van der Waals surface area contributed by atoms with Gasteiger partial charge in [-0.15, -0.1) is 0 Å². The van der Waals surface area contributed by atoms with Gasteiger partial charge in [-0.2, -0.15) is 0 Å². The predicted molar refractivity (Wildman–Crippen MR) is 58.4 cm³/mol. The highest BCUT2D eigenvalue weighted by Crippen LogP contribution is 2.66. The minimum Gasteiger partial charge on any atom is -0.387 e. The van der Waals surface area contributed by atoms with Gasteiger partial charge in [-0.05, 0) is 47.4 Å². The normalized spacial score (nSPS) is 40.9. The van der Waals surface area contributed by atoms with E-state index in [0.717, 1.165) is 16.0 Å². The molecule has 2 unspecified atom stereocenters. The Morgan fingerprint density at radius 3 is 3.15 bits per heavy atom. The summed E-state index contributed by atoms with van der Waals surface area (Å²) < 4.78 is 0.938. The summed E-state index contributed by atoms with van der Waals surface area (Å²) in [6.07, 6.45) is 3.04. The number of hydrogen-bond donors (Lipinski definition) is 1. The van der Waals surface area contributed by atoms with Gasteiger partial charge in [-0.25, -0.2) is 0 Å². The molecule has 3 rings (SSSR count). The molecule has 1 saturated carbocycles. The predicted octanol–water partition coefficient (Wildman–Crippen LogP) is 1.77. The van der Waals surface area contributed by atoms with Crippen molar-refractivity contribution in [3.8, 4) is 0 Å². The molecule has 0 aromatic heterocycles. The second-order valence-corrected chi connectivity index (χ2v) is 5.19. The van der Waals surface area contributed by atoms with Gasteiger partial charge in [0.1, 0.15) is 0 Å². The van der Waals surface area contributed by atoms with E-state index in [0.29, 0.717) is 0 Å². The fourth-order valence-corrected chi connectivity index (χ4v) is 3.35. The lowest BCUT2D eigenvalue weighted by atomic mass is 9.87. The monoisotopic (exact) mass is 287 g/mol. The maximum Gasteiger partial charge on any atom is 0.193 e. The Hall–Kier alpha value is -0.320. The van der Waals surface area contributed by atoms with E-state index < -0.39 is 0 Å². The number of hydrogen-bond acceptors (Lipinski definition) is 2. The van der Waals surface area contributed by atoms with Crippen molar-refractivity contribution in [2.24, 2.45) is 11.3 Å². The van der Waals surface area contributed by atoms with Crippen molar-refractivity contribution >= 4 is 28.4 Å². The van der Waals surface area contributed by atoms with Crippen LogP contribution in [0.15, 0.2) is 20.9 Å². The third-order valence-electron chi connectivity index (χ3n) is 3.61. The van der Waals surface area contributed by atoms with Gasteiger partial charge in [0.2, 0.25) is 0 Å². The zero-order valence-electron chi connectivity index (χ0n) is 7.36. The first-order valence-corrected chi connectivity index (χ1v) is 5.61. The molecule has 3 aliphatic rings. The molecular formula is C10H10INO. The average Bonchev–Trinajstić information content (AvgIpc) is 2.75. The van der Waals surface area contributed by atoms with E-state index in [1.54, 1.807) is 6.08 Å². The van der Waals surface area contributed by atoms with Gasteiger partial charge >= 0.3 is 0 Å². The molecule has 0 aromatic rings. The SMILES string of the molecule is CC1=C(I)C(=O)C=C2NCC3CC213. The smallest absolute Gasteiger partial charge is 0.193 e. The van der Waals surface area contributed by atoms with Crippen LogP contribution in [-0.4, -0.2) is 12.3 Å². The number of halogens is 1. The minimum absolute atomic E-state index is 0.179. The average molecular weight is 287 g/mol. The zero-order valence-corrected chi connectivity index (χ0v) is 9.51. The fraction of sp³-hybridized carbons (Fsp3) is 0.500. The largest absolute Gasteiger partial charge is 0.387 e. The molecule has 0 amide bonds. The first kappa shape index (κ1) is 8.03. The fourth-order valence-electron chi connectivity index (χ4n) is 2.71. The Morgan fingerprint density at radius 2 is 2.46 bits per heavy atom. The van der Waals surface area contributed by atoms with Crippen LogP contribution in [0.3, 0.4) is 0 Å². The number of rotatable bonds is 0. The standard InChI is InChI=1S/C10H10INO/c1-5-9(11)7(13)2-8-10(5)3-6(10)4-12-8/h2,6,12H,3-4H2,1H3. The van der Waals surface area contributed by atoms with Crippen LogP contribution in [0.1, 0.15) is 13.3 Å². The topological polar surface area (TPSA) is 29.1 Å². The lowest BCUT2D eigenvalue weighted by Gasteiger charge is -2.22. The van der Waals surface area contributed by atoms with Crippen molar-refractivity contribution in [2.45, 2.75) is 13.3 Å². The van der Waals surface area contributed by atoms with Crippen molar-refractivity contribution in [3.63, 3.8) is 0 Å². The molecule has 1 spiro atoms. The molecule has 3 heteroatoms. The summed E-state index contributed by atoms with van der Waals surface area (Å²) in [4.78, 5) is 11.5. The Balaban J connectivity index is 2.19. The van der Waals surface area contributed by atoms with Crippen molar-refractivity contribution in [1.82, 2.24) is 5.32 Å². The van der Waals surface area contributed by atoms with Crippen LogP contribution in [0, 0.1) is 11.3 Å². The molecule has 2 fully saturated rings. The first-order chi connectivity index (χ1) is 6.16. The molecule has 68 valence electrons. The van der Waals surface area contributed by atoms with E-state index in [-0.39, 0.29) is 11.2 Å². The van der Waals surface area contributed by atoms with Crippen LogP contribution in [-0.2, 0) is 4.79 Å². The van der Waals surface area contributed by atoms with Gasteiger partial charge in [0.25, 0.3) is 0 Å². The minimum atomic E-state index is 0.179. The second-order valence-electron chi connectivity index (χ2n) is 4.11. The zero-order chi connectivity index (χ0) is 9.22. The molecule has 2 aliphatic carbocycles. The quantitative estimate of drug-likeness (QED) is 0.688. The molecule has 1 N–H and O–H groups in total. The molecule has 1 saturated heterocycles. The van der Waals surface area contributed by atoms with Crippen LogP contribution in [0.2, 0.25) is 0 Å². The van der Waals surface area contributed by atoms with Crippen LogP contribution < -0.4 is 5.32 Å². The number of piperidine rings is 1.